The van der Waals surface area contributed by atoms with Crippen molar-refractivity contribution in [3.63, 3.8) is 0 Å². The van der Waals surface area contributed by atoms with Gasteiger partial charge in [0.1, 0.15) is 10.5 Å². The number of likely N-dealkylation sites (N-methyl/N-ethyl adjacent to an activating group) is 1. The van der Waals surface area contributed by atoms with Gasteiger partial charge in [-0.15, -0.1) is 11.3 Å². The fourth-order valence-corrected chi connectivity index (χ4v) is 6.68. The molecule has 2 aliphatic rings. The average molecular weight is 454 g/mol. The number of carbonyl (C=O) groups is 2. The van der Waals surface area contributed by atoms with Crippen molar-refractivity contribution in [3.05, 3.63) is 16.0 Å². The van der Waals surface area contributed by atoms with Crippen LogP contribution in [0.4, 0.5) is 5.00 Å². The van der Waals surface area contributed by atoms with Gasteiger partial charge in [-0.1, -0.05) is 0 Å². The van der Waals surface area contributed by atoms with E-state index in [1.54, 1.807) is 4.90 Å². The SMILES string of the molecule is CCOC(=O)c1c(NC(=O)C[NH+](C)C2CC[NH+](C)CC2)sc2c1CC(C)(C)[NH2+]C2(C)C. The maximum Gasteiger partial charge on any atom is 0.341 e. The van der Waals surface area contributed by atoms with E-state index in [1.807, 2.05) is 6.92 Å². The van der Waals surface area contributed by atoms with Gasteiger partial charge in [0.15, 0.2) is 6.54 Å². The Hall–Kier alpha value is -1.48. The second-order valence-electron chi connectivity index (χ2n) is 10.7. The number of hydrogen-bond acceptors (Lipinski definition) is 4. The zero-order chi connectivity index (χ0) is 23.0. The Labute approximate surface area is 190 Å². The highest BCUT2D eigenvalue weighted by Crippen LogP contribution is 2.42. The lowest BCUT2D eigenvalue weighted by Crippen LogP contribution is -3.18. The number of nitrogens with one attached hydrogen (secondary N) is 3. The highest BCUT2D eigenvalue weighted by atomic mass is 32.1. The van der Waals surface area contributed by atoms with E-state index in [0.29, 0.717) is 29.8 Å². The van der Waals surface area contributed by atoms with E-state index < -0.39 is 0 Å². The summed E-state index contributed by atoms with van der Waals surface area (Å²) in [6, 6.07) is 0.518. The fourth-order valence-electron chi connectivity index (χ4n) is 5.38. The molecule has 1 atom stereocenters. The van der Waals surface area contributed by atoms with Gasteiger partial charge in [0.2, 0.25) is 0 Å². The van der Waals surface area contributed by atoms with Crippen molar-refractivity contribution in [2.24, 2.45) is 0 Å². The van der Waals surface area contributed by atoms with Gasteiger partial charge < -0.3 is 25.2 Å². The van der Waals surface area contributed by atoms with Crippen molar-refractivity contribution in [1.29, 1.82) is 0 Å². The smallest absolute Gasteiger partial charge is 0.341 e. The zero-order valence-corrected chi connectivity index (χ0v) is 21.1. The summed E-state index contributed by atoms with van der Waals surface area (Å²) in [5.41, 5.74) is 1.41. The Morgan fingerprint density at radius 3 is 2.52 bits per heavy atom. The summed E-state index contributed by atoms with van der Waals surface area (Å²) in [6.45, 7) is 13.6. The van der Waals surface area contributed by atoms with Crippen LogP contribution in [0, 0.1) is 0 Å². The predicted octanol–water partition coefficient (Wildman–Crippen LogP) is -0.812. The Kier molecular flexibility index (Phi) is 7.15. The average Bonchev–Trinajstić information content (AvgIpc) is 2.99. The van der Waals surface area contributed by atoms with Crippen molar-refractivity contribution in [1.82, 2.24) is 0 Å². The molecule has 8 heteroatoms. The Balaban J connectivity index is 1.83. The summed E-state index contributed by atoms with van der Waals surface area (Å²) >= 11 is 1.54. The number of piperidine rings is 1. The third-order valence-corrected chi connectivity index (χ3v) is 8.17. The molecule has 0 aliphatic carbocycles. The van der Waals surface area contributed by atoms with Crippen LogP contribution in [0.15, 0.2) is 0 Å². The molecule has 1 unspecified atom stereocenters. The quantitative estimate of drug-likeness (QED) is 0.425. The molecule has 2 aliphatic heterocycles. The fraction of sp³-hybridized carbons (Fsp3) is 0.739. The van der Waals surface area contributed by atoms with Gasteiger partial charge in [-0.2, -0.15) is 0 Å². The lowest BCUT2D eigenvalue weighted by atomic mass is 9.81. The first-order valence-electron chi connectivity index (χ1n) is 11.6. The van der Waals surface area contributed by atoms with E-state index in [9.17, 15) is 9.59 Å². The van der Waals surface area contributed by atoms with E-state index >= 15 is 0 Å². The number of amides is 1. The molecule has 7 nitrogen and oxygen atoms in total. The summed E-state index contributed by atoms with van der Waals surface area (Å²) in [6.07, 6.45) is 3.06. The van der Waals surface area contributed by atoms with E-state index in [-0.39, 0.29) is 23.0 Å². The third-order valence-electron chi connectivity index (χ3n) is 6.68. The molecule has 174 valence electrons. The molecule has 1 aromatic heterocycles. The van der Waals surface area contributed by atoms with Gasteiger partial charge in [0, 0.05) is 19.3 Å². The maximum atomic E-state index is 13.0. The van der Waals surface area contributed by atoms with Gasteiger partial charge in [0.05, 0.1) is 55.8 Å². The lowest BCUT2D eigenvalue weighted by molar-refractivity contribution is -0.935. The van der Waals surface area contributed by atoms with E-state index in [4.69, 9.17) is 4.74 Å². The minimum atomic E-state index is -0.331. The van der Waals surface area contributed by atoms with Crippen LogP contribution in [0.25, 0.3) is 0 Å². The molecular formula is C23H41N4O3S+3. The molecular weight excluding hydrogens is 412 g/mol. The van der Waals surface area contributed by atoms with Crippen LogP contribution in [0.5, 0.6) is 0 Å². The Bertz CT molecular complexity index is 825. The monoisotopic (exact) mass is 453 g/mol. The molecule has 1 amide bonds. The lowest BCUT2D eigenvalue weighted by Gasteiger charge is -2.38. The zero-order valence-electron chi connectivity index (χ0n) is 20.2. The van der Waals surface area contributed by atoms with E-state index in [1.165, 1.54) is 16.2 Å². The van der Waals surface area contributed by atoms with Gasteiger partial charge in [0.25, 0.3) is 5.91 Å². The number of carbonyl (C=O) groups excluding carboxylic acids is 2. The normalized spacial score (nSPS) is 25.4. The topological polar surface area (TPSA) is 80.9 Å². The van der Waals surface area contributed by atoms with Crippen LogP contribution in [-0.4, -0.2) is 63.8 Å². The number of fused-ring (bicyclic) bond motifs is 1. The van der Waals surface area contributed by atoms with Crippen molar-refractivity contribution in [2.45, 2.75) is 71.0 Å². The molecule has 31 heavy (non-hydrogen) atoms. The summed E-state index contributed by atoms with van der Waals surface area (Å²) < 4.78 is 5.40. The van der Waals surface area contributed by atoms with Crippen LogP contribution in [0.3, 0.4) is 0 Å². The second kappa shape index (κ2) is 9.17. The van der Waals surface area contributed by atoms with Crippen molar-refractivity contribution in [2.75, 3.05) is 45.7 Å². The van der Waals surface area contributed by atoms with Crippen molar-refractivity contribution >= 4 is 28.2 Å². The van der Waals surface area contributed by atoms with E-state index in [0.717, 1.165) is 42.8 Å². The number of thiophene rings is 1. The molecule has 3 heterocycles. The standard InChI is InChI=1S/C23H38N4O3S/c1-8-30-21(29)18-16-13-22(2,3)25-23(4,5)19(16)31-20(18)24-17(28)14-27(7)15-9-11-26(6)12-10-15/h15,25H,8-14H2,1-7H3,(H,24,28)/p+3. The highest BCUT2D eigenvalue weighted by molar-refractivity contribution is 7.17. The molecule has 0 saturated carbocycles. The number of quaternary nitrogens is 3. The van der Waals surface area contributed by atoms with Crippen LogP contribution in [0.1, 0.15) is 68.3 Å². The summed E-state index contributed by atoms with van der Waals surface area (Å²) in [4.78, 5) is 29.9. The first-order valence-corrected chi connectivity index (χ1v) is 12.4. The van der Waals surface area contributed by atoms with Crippen molar-refractivity contribution < 1.29 is 29.4 Å². The molecule has 0 aromatic carbocycles. The summed E-state index contributed by atoms with van der Waals surface area (Å²) in [5.74, 6) is -0.364. The molecule has 0 radical (unpaired) electrons. The second-order valence-corrected chi connectivity index (χ2v) is 11.7. The largest absolute Gasteiger partial charge is 0.462 e. The van der Waals surface area contributed by atoms with E-state index in [2.05, 4.69) is 52.4 Å². The molecule has 3 rings (SSSR count). The van der Waals surface area contributed by atoms with Crippen LogP contribution < -0.4 is 20.4 Å². The van der Waals surface area contributed by atoms with Crippen LogP contribution >= 0.6 is 11.3 Å². The van der Waals surface area contributed by atoms with Gasteiger partial charge in [-0.25, -0.2) is 4.79 Å². The molecule has 5 N–H and O–H groups in total. The number of ether oxygens (including phenoxy) is 1. The number of nitrogens with two attached hydrogens (primary N) is 1. The predicted molar refractivity (Wildman–Crippen MR) is 123 cm³/mol. The number of likely N-dealkylation sites (tertiary alicyclic amines) is 1. The first kappa shape index (κ1) is 24.2. The van der Waals surface area contributed by atoms with Crippen LogP contribution in [0.2, 0.25) is 0 Å². The Morgan fingerprint density at radius 1 is 1.26 bits per heavy atom. The number of esters is 1. The van der Waals surface area contributed by atoms with Gasteiger partial charge in [-0.3, -0.25) is 4.79 Å². The number of hydrogen-bond donors (Lipinski definition) is 4. The minimum Gasteiger partial charge on any atom is -0.462 e. The number of anilines is 1. The molecule has 0 bridgehead atoms. The Morgan fingerprint density at radius 2 is 1.90 bits per heavy atom. The third kappa shape index (κ3) is 5.48. The van der Waals surface area contributed by atoms with Crippen molar-refractivity contribution in [3.8, 4) is 0 Å². The highest BCUT2D eigenvalue weighted by Gasteiger charge is 2.45. The minimum absolute atomic E-state index is 0.0272. The summed E-state index contributed by atoms with van der Waals surface area (Å²) in [5, 5.41) is 6.10. The molecule has 1 saturated heterocycles. The number of rotatable bonds is 6. The van der Waals surface area contributed by atoms with Gasteiger partial charge in [-0.05, 0) is 40.2 Å². The van der Waals surface area contributed by atoms with Gasteiger partial charge >= 0.3 is 5.97 Å². The molecule has 1 fully saturated rings. The molecule has 1 aromatic rings. The first-order chi connectivity index (χ1) is 14.4. The molecule has 0 spiro atoms. The summed E-state index contributed by atoms with van der Waals surface area (Å²) in [7, 11) is 4.34. The maximum absolute atomic E-state index is 13.0. The van der Waals surface area contributed by atoms with Crippen LogP contribution in [-0.2, 0) is 21.5 Å².